The molecule has 2 saturated carbocycles. The van der Waals surface area contributed by atoms with Crippen molar-refractivity contribution in [3.05, 3.63) is 34.9 Å². The Labute approximate surface area is 193 Å². The molecule has 3 aliphatic carbocycles. The molecule has 0 radical (unpaired) electrons. The highest BCUT2D eigenvalue weighted by Gasteiger charge is 2.73. The molecule has 0 spiro atoms. The first-order valence-electron chi connectivity index (χ1n) is 11.7. The molecule has 1 aromatic carbocycles. The third kappa shape index (κ3) is 4.31. The maximum atomic E-state index is 14.5. The van der Waals surface area contributed by atoms with Crippen LogP contribution in [0.2, 0.25) is 0 Å². The van der Waals surface area contributed by atoms with Crippen LogP contribution >= 0.6 is 0 Å². The summed E-state index contributed by atoms with van der Waals surface area (Å²) >= 11 is 0. The smallest absolute Gasteiger partial charge is 0.388 e. The molecule has 0 bridgehead atoms. The monoisotopic (exact) mass is 495 g/mol. The van der Waals surface area contributed by atoms with E-state index in [1.165, 1.54) is 6.07 Å². The van der Waals surface area contributed by atoms with Gasteiger partial charge in [0.2, 0.25) is 5.91 Å². The fraction of sp³-hybridized carbons (Fsp3) is 0.708. The second-order valence-corrected chi connectivity index (χ2v) is 10.1. The maximum absolute atomic E-state index is 14.5. The van der Waals surface area contributed by atoms with Gasteiger partial charge in [-0.3, -0.25) is 4.79 Å². The van der Waals surface area contributed by atoms with Crippen molar-refractivity contribution in [1.82, 2.24) is 5.32 Å². The molecule has 2 fully saturated rings. The van der Waals surface area contributed by atoms with Crippen molar-refractivity contribution in [3.8, 4) is 0 Å². The van der Waals surface area contributed by atoms with Crippen LogP contribution in [0.3, 0.4) is 0 Å². The van der Waals surface area contributed by atoms with E-state index in [1.807, 2.05) is 0 Å². The number of carbonyl (C=O) groups is 1. The zero-order valence-corrected chi connectivity index (χ0v) is 18.5. The van der Waals surface area contributed by atoms with Crippen molar-refractivity contribution in [2.45, 2.75) is 87.3 Å². The van der Waals surface area contributed by atoms with Gasteiger partial charge in [-0.2, -0.15) is 26.3 Å². The topological polar surface area (TPSA) is 49.3 Å². The Morgan fingerprint density at radius 1 is 0.971 bits per heavy atom. The molecule has 34 heavy (non-hydrogen) atoms. The van der Waals surface area contributed by atoms with E-state index in [0.717, 1.165) is 19.3 Å². The normalized spacial score (nSPS) is 27.1. The van der Waals surface area contributed by atoms with Gasteiger partial charge in [-0.25, -0.2) is 4.39 Å². The summed E-state index contributed by atoms with van der Waals surface area (Å²) in [4.78, 5) is 12.9. The molecule has 2 N–H and O–H groups in total. The summed E-state index contributed by atoms with van der Waals surface area (Å²) in [5, 5.41) is 13.5. The highest BCUT2D eigenvalue weighted by molar-refractivity contribution is 5.79. The molecule has 3 atom stereocenters. The second kappa shape index (κ2) is 8.68. The molecular weight excluding hydrogens is 467 g/mol. The molecule has 2 unspecified atom stereocenters. The quantitative estimate of drug-likeness (QED) is 0.516. The molecular formula is C24H28F7NO2. The summed E-state index contributed by atoms with van der Waals surface area (Å²) in [7, 11) is 0. The van der Waals surface area contributed by atoms with Gasteiger partial charge in [-0.15, -0.1) is 0 Å². The third-order valence-electron chi connectivity index (χ3n) is 8.00. The molecule has 1 aromatic rings. The zero-order valence-electron chi connectivity index (χ0n) is 18.5. The maximum Gasteiger partial charge on any atom is 0.435 e. The van der Waals surface area contributed by atoms with Gasteiger partial charge in [0, 0.05) is 18.0 Å². The van der Waals surface area contributed by atoms with E-state index >= 15 is 0 Å². The molecule has 0 aromatic heterocycles. The first-order valence-corrected chi connectivity index (χ1v) is 11.7. The van der Waals surface area contributed by atoms with Gasteiger partial charge in [0.05, 0.1) is 5.60 Å². The lowest BCUT2D eigenvalue weighted by atomic mass is 9.73. The number of halogens is 7. The minimum absolute atomic E-state index is 0.0975. The number of aliphatic hydroxyl groups is 1. The van der Waals surface area contributed by atoms with Crippen LogP contribution in [0.1, 0.15) is 74.0 Å². The Balaban J connectivity index is 1.50. The van der Waals surface area contributed by atoms with Crippen molar-refractivity contribution in [2.75, 3.05) is 6.54 Å². The van der Waals surface area contributed by atoms with Crippen LogP contribution in [-0.4, -0.2) is 35.5 Å². The Morgan fingerprint density at radius 3 is 2.24 bits per heavy atom. The summed E-state index contributed by atoms with van der Waals surface area (Å²) in [5.41, 5.74) is -6.95. The van der Waals surface area contributed by atoms with Gasteiger partial charge in [-0.05, 0) is 61.5 Å². The van der Waals surface area contributed by atoms with E-state index in [0.29, 0.717) is 49.8 Å². The Hall–Kier alpha value is -1.84. The van der Waals surface area contributed by atoms with Gasteiger partial charge in [0.25, 0.3) is 0 Å². The minimum Gasteiger partial charge on any atom is -0.388 e. The standard InChI is InChI=1S/C24H28F7NO2/c25-22(23(26,27)28,24(29,30)31)15-5-7-16-14(12-15)4-6-18-17(16)8-9-19(18)20(33)32-13-21(34)10-2-1-3-11-21/h5,7,12,17-19,34H,1-4,6,8-11,13H2,(H,32,33)/t17?,18?,19-/m1/s1. The lowest BCUT2D eigenvalue weighted by Crippen LogP contribution is -2.50. The van der Waals surface area contributed by atoms with Crippen molar-refractivity contribution in [3.63, 3.8) is 0 Å². The van der Waals surface area contributed by atoms with E-state index in [1.54, 1.807) is 0 Å². The van der Waals surface area contributed by atoms with Crippen LogP contribution in [-0.2, 0) is 16.9 Å². The Kier molecular flexibility index (Phi) is 6.44. The number of aryl methyl sites for hydroxylation is 1. The molecule has 0 heterocycles. The fourth-order valence-corrected chi connectivity index (χ4v) is 6.16. The molecule has 3 nitrogen and oxygen atoms in total. The molecule has 0 aliphatic heterocycles. The molecule has 0 saturated heterocycles. The SMILES string of the molecule is O=C(NCC1(O)CCCCC1)[C@@H]1CCC2c3ccc(C(F)(C(F)(F)F)C(F)(F)F)cc3CCC21. The summed E-state index contributed by atoms with van der Waals surface area (Å²) in [6.45, 7) is 0.174. The zero-order chi connectivity index (χ0) is 24.9. The van der Waals surface area contributed by atoms with Crippen LogP contribution < -0.4 is 5.32 Å². The Morgan fingerprint density at radius 2 is 1.62 bits per heavy atom. The third-order valence-corrected chi connectivity index (χ3v) is 8.00. The van der Waals surface area contributed by atoms with Crippen LogP contribution in [0.5, 0.6) is 0 Å². The number of carbonyl (C=O) groups excluding carboxylic acids is 1. The number of benzene rings is 1. The molecule has 190 valence electrons. The number of rotatable bonds is 4. The first kappa shape index (κ1) is 25.3. The van der Waals surface area contributed by atoms with E-state index in [2.05, 4.69) is 5.32 Å². The van der Waals surface area contributed by atoms with Gasteiger partial charge in [0.15, 0.2) is 0 Å². The van der Waals surface area contributed by atoms with Crippen LogP contribution in [0, 0.1) is 11.8 Å². The van der Waals surface area contributed by atoms with E-state index in [9.17, 15) is 40.6 Å². The number of hydrogen-bond acceptors (Lipinski definition) is 2. The predicted molar refractivity (Wildman–Crippen MR) is 110 cm³/mol. The average molecular weight is 495 g/mol. The lowest BCUT2D eigenvalue weighted by molar-refractivity contribution is -0.348. The molecule has 4 rings (SSSR count). The van der Waals surface area contributed by atoms with Gasteiger partial charge < -0.3 is 10.4 Å². The Bertz CT molecular complexity index is 907. The van der Waals surface area contributed by atoms with Gasteiger partial charge >= 0.3 is 18.0 Å². The van der Waals surface area contributed by atoms with Gasteiger partial charge in [0.1, 0.15) is 0 Å². The molecule has 10 heteroatoms. The molecule has 1 amide bonds. The van der Waals surface area contributed by atoms with Crippen molar-refractivity contribution in [2.24, 2.45) is 11.8 Å². The highest BCUT2D eigenvalue weighted by Crippen LogP contribution is 2.55. The average Bonchev–Trinajstić information content (AvgIpc) is 3.20. The predicted octanol–water partition coefficient (Wildman–Crippen LogP) is 5.84. The van der Waals surface area contributed by atoms with Crippen molar-refractivity contribution >= 4 is 5.91 Å². The van der Waals surface area contributed by atoms with E-state index in [4.69, 9.17) is 0 Å². The second-order valence-electron chi connectivity index (χ2n) is 10.1. The van der Waals surface area contributed by atoms with Crippen LogP contribution in [0.4, 0.5) is 30.7 Å². The van der Waals surface area contributed by atoms with Crippen LogP contribution in [0.25, 0.3) is 0 Å². The summed E-state index contributed by atoms with van der Waals surface area (Å²) in [6, 6.07) is 2.44. The lowest BCUT2D eigenvalue weighted by Gasteiger charge is -2.35. The number of nitrogens with one attached hydrogen (secondary N) is 1. The minimum atomic E-state index is -6.14. The van der Waals surface area contributed by atoms with Gasteiger partial charge in [-0.1, -0.05) is 37.5 Å². The van der Waals surface area contributed by atoms with Crippen LogP contribution in [0.15, 0.2) is 18.2 Å². The number of fused-ring (bicyclic) bond motifs is 3. The number of alkyl halides is 7. The van der Waals surface area contributed by atoms with Crippen molar-refractivity contribution in [1.29, 1.82) is 0 Å². The highest BCUT2D eigenvalue weighted by atomic mass is 19.4. The van der Waals surface area contributed by atoms with E-state index in [-0.39, 0.29) is 42.2 Å². The number of hydrogen-bond donors (Lipinski definition) is 2. The summed E-state index contributed by atoms with van der Waals surface area (Å²) in [6.07, 6.45) is -6.46. The summed E-state index contributed by atoms with van der Waals surface area (Å²) in [5.74, 6) is -0.795. The van der Waals surface area contributed by atoms with Crippen molar-refractivity contribution < 1.29 is 40.6 Å². The number of amides is 1. The first-order chi connectivity index (χ1) is 15.8. The fourth-order valence-electron chi connectivity index (χ4n) is 6.16. The van der Waals surface area contributed by atoms with E-state index < -0.39 is 29.2 Å². The molecule has 3 aliphatic rings. The largest absolute Gasteiger partial charge is 0.435 e. The summed E-state index contributed by atoms with van der Waals surface area (Å²) < 4.78 is 93.4.